The maximum atomic E-state index is 11.8. The first kappa shape index (κ1) is 12.7. The molecule has 0 aliphatic heterocycles. The standard InChI is InChI=1S/C12H17NO3/c1-16-11(15)12(9-13,7-8-14)10-5-3-2-4-6-10/h2-6,14H,7-9,13H2,1H3. The van der Waals surface area contributed by atoms with Crippen molar-refractivity contribution in [1.82, 2.24) is 0 Å². The van der Waals surface area contributed by atoms with Gasteiger partial charge in [0, 0.05) is 13.2 Å². The molecule has 88 valence electrons. The Bertz CT molecular complexity index is 339. The summed E-state index contributed by atoms with van der Waals surface area (Å²) in [6.45, 7) is 0.00540. The number of hydrogen-bond donors (Lipinski definition) is 2. The number of methoxy groups -OCH3 is 1. The minimum absolute atomic E-state index is 0.110. The van der Waals surface area contributed by atoms with E-state index in [4.69, 9.17) is 15.6 Å². The topological polar surface area (TPSA) is 72.5 Å². The Morgan fingerprint density at radius 3 is 2.50 bits per heavy atom. The van der Waals surface area contributed by atoms with E-state index in [0.29, 0.717) is 0 Å². The first-order valence-corrected chi connectivity index (χ1v) is 5.16. The van der Waals surface area contributed by atoms with Crippen LogP contribution < -0.4 is 5.73 Å². The van der Waals surface area contributed by atoms with Crippen molar-refractivity contribution < 1.29 is 14.6 Å². The lowest BCUT2D eigenvalue weighted by atomic mass is 9.78. The number of carbonyl (C=O) groups is 1. The molecular formula is C12H17NO3. The number of aliphatic hydroxyl groups is 1. The molecule has 0 bridgehead atoms. The molecule has 4 nitrogen and oxygen atoms in total. The van der Waals surface area contributed by atoms with Crippen LogP contribution in [-0.4, -0.2) is 31.3 Å². The van der Waals surface area contributed by atoms with Crippen LogP contribution >= 0.6 is 0 Å². The van der Waals surface area contributed by atoms with E-state index < -0.39 is 11.4 Å². The fourth-order valence-electron chi connectivity index (χ4n) is 1.81. The number of aliphatic hydroxyl groups excluding tert-OH is 1. The molecule has 1 unspecified atom stereocenters. The van der Waals surface area contributed by atoms with E-state index in [2.05, 4.69) is 0 Å². The van der Waals surface area contributed by atoms with E-state index in [-0.39, 0.29) is 19.6 Å². The average molecular weight is 223 g/mol. The lowest BCUT2D eigenvalue weighted by Gasteiger charge is -2.29. The minimum atomic E-state index is -0.940. The second-order valence-corrected chi connectivity index (χ2v) is 3.62. The summed E-state index contributed by atoms with van der Waals surface area (Å²) >= 11 is 0. The van der Waals surface area contributed by atoms with Crippen LogP contribution in [0.5, 0.6) is 0 Å². The molecule has 4 heteroatoms. The Morgan fingerprint density at radius 2 is 2.06 bits per heavy atom. The lowest BCUT2D eigenvalue weighted by Crippen LogP contribution is -2.44. The van der Waals surface area contributed by atoms with E-state index in [9.17, 15) is 4.79 Å². The van der Waals surface area contributed by atoms with Gasteiger partial charge in [-0.2, -0.15) is 0 Å². The zero-order valence-corrected chi connectivity index (χ0v) is 9.35. The average Bonchev–Trinajstić information content (AvgIpc) is 2.36. The van der Waals surface area contributed by atoms with Crippen molar-refractivity contribution in [2.45, 2.75) is 11.8 Å². The molecule has 1 atom stereocenters. The van der Waals surface area contributed by atoms with Crippen molar-refractivity contribution in [3.8, 4) is 0 Å². The van der Waals surface area contributed by atoms with Gasteiger partial charge in [0.25, 0.3) is 0 Å². The molecule has 0 aliphatic rings. The van der Waals surface area contributed by atoms with Crippen molar-refractivity contribution >= 4 is 5.97 Å². The predicted molar refractivity (Wildman–Crippen MR) is 60.9 cm³/mol. The van der Waals surface area contributed by atoms with Crippen molar-refractivity contribution in [2.24, 2.45) is 5.73 Å². The van der Waals surface area contributed by atoms with Crippen LogP contribution in [0.25, 0.3) is 0 Å². The highest BCUT2D eigenvalue weighted by atomic mass is 16.5. The molecule has 16 heavy (non-hydrogen) atoms. The van der Waals surface area contributed by atoms with Gasteiger partial charge in [0.1, 0.15) is 5.41 Å². The Morgan fingerprint density at radius 1 is 1.44 bits per heavy atom. The summed E-state index contributed by atoms with van der Waals surface area (Å²) in [5.41, 5.74) is 5.53. The summed E-state index contributed by atoms with van der Waals surface area (Å²) < 4.78 is 4.78. The third-order valence-electron chi connectivity index (χ3n) is 2.79. The second kappa shape index (κ2) is 5.63. The predicted octanol–water partition coefficient (Wildman–Crippen LogP) is 0.438. The summed E-state index contributed by atoms with van der Waals surface area (Å²) in [6, 6.07) is 9.17. The number of hydrogen-bond acceptors (Lipinski definition) is 4. The summed E-state index contributed by atoms with van der Waals surface area (Å²) in [4.78, 5) is 11.8. The highest BCUT2D eigenvalue weighted by Gasteiger charge is 2.39. The van der Waals surface area contributed by atoms with Crippen LogP contribution in [0.15, 0.2) is 30.3 Å². The van der Waals surface area contributed by atoms with E-state index in [1.54, 1.807) is 0 Å². The molecule has 0 heterocycles. The number of esters is 1. The molecule has 1 aromatic carbocycles. The van der Waals surface area contributed by atoms with Crippen LogP contribution in [0.4, 0.5) is 0 Å². The summed E-state index contributed by atoms with van der Waals surface area (Å²) in [6.07, 6.45) is 0.264. The maximum Gasteiger partial charge on any atom is 0.317 e. The molecule has 3 N–H and O–H groups in total. The van der Waals surface area contributed by atoms with Gasteiger partial charge in [-0.1, -0.05) is 30.3 Å². The van der Waals surface area contributed by atoms with Crippen LogP contribution in [0.3, 0.4) is 0 Å². The molecule has 1 rings (SSSR count). The molecule has 0 aromatic heterocycles. The molecule has 0 amide bonds. The van der Waals surface area contributed by atoms with Crippen molar-refractivity contribution in [1.29, 1.82) is 0 Å². The van der Waals surface area contributed by atoms with E-state index in [0.717, 1.165) is 5.56 Å². The van der Waals surface area contributed by atoms with E-state index in [1.807, 2.05) is 30.3 Å². The van der Waals surface area contributed by atoms with Gasteiger partial charge in [-0.05, 0) is 12.0 Å². The zero-order chi connectivity index (χ0) is 12.0. The van der Waals surface area contributed by atoms with Gasteiger partial charge >= 0.3 is 5.97 Å². The highest BCUT2D eigenvalue weighted by molar-refractivity contribution is 5.83. The maximum absolute atomic E-state index is 11.8. The largest absolute Gasteiger partial charge is 0.468 e. The summed E-state index contributed by atoms with van der Waals surface area (Å²) in [5, 5.41) is 9.08. The molecule has 0 spiro atoms. The quantitative estimate of drug-likeness (QED) is 0.710. The monoisotopic (exact) mass is 223 g/mol. The second-order valence-electron chi connectivity index (χ2n) is 3.62. The Labute approximate surface area is 95.0 Å². The fraction of sp³-hybridized carbons (Fsp3) is 0.417. The molecule has 0 saturated heterocycles. The van der Waals surface area contributed by atoms with Gasteiger partial charge < -0.3 is 15.6 Å². The Hall–Kier alpha value is -1.39. The Kier molecular flexibility index (Phi) is 4.46. The van der Waals surface area contributed by atoms with E-state index >= 15 is 0 Å². The lowest BCUT2D eigenvalue weighted by molar-refractivity contribution is -0.148. The number of rotatable bonds is 5. The van der Waals surface area contributed by atoms with Gasteiger partial charge in [0.2, 0.25) is 0 Å². The molecule has 0 saturated carbocycles. The van der Waals surface area contributed by atoms with Crippen molar-refractivity contribution in [2.75, 3.05) is 20.3 Å². The normalized spacial score (nSPS) is 14.2. The van der Waals surface area contributed by atoms with E-state index in [1.165, 1.54) is 7.11 Å². The fourth-order valence-corrected chi connectivity index (χ4v) is 1.81. The third-order valence-corrected chi connectivity index (χ3v) is 2.79. The molecule has 1 aromatic rings. The smallest absolute Gasteiger partial charge is 0.317 e. The van der Waals surface area contributed by atoms with Gasteiger partial charge in [-0.3, -0.25) is 4.79 Å². The number of carbonyl (C=O) groups excluding carboxylic acids is 1. The van der Waals surface area contributed by atoms with Gasteiger partial charge in [-0.25, -0.2) is 0 Å². The van der Waals surface area contributed by atoms with Crippen LogP contribution in [-0.2, 0) is 14.9 Å². The van der Waals surface area contributed by atoms with Crippen LogP contribution in [0.2, 0.25) is 0 Å². The highest BCUT2D eigenvalue weighted by Crippen LogP contribution is 2.28. The first-order chi connectivity index (χ1) is 7.71. The molecule has 0 fully saturated rings. The van der Waals surface area contributed by atoms with Crippen molar-refractivity contribution in [3.63, 3.8) is 0 Å². The number of nitrogens with two attached hydrogens (primary N) is 1. The number of benzene rings is 1. The van der Waals surface area contributed by atoms with Crippen LogP contribution in [0, 0.1) is 0 Å². The van der Waals surface area contributed by atoms with Crippen molar-refractivity contribution in [3.05, 3.63) is 35.9 Å². The minimum Gasteiger partial charge on any atom is -0.468 e. The summed E-state index contributed by atoms with van der Waals surface area (Å²) in [7, 11) is 1.33. The summed E-state index contributed by atoms with van der Waals surface area (Å²) in [5.74, 6) is -0.407. The third kappa shape index (κ3) is 2.23. The molecular weight excluding hydrogens is 206 g/mol. The molecule has 0 aliphatic carbocycles. The van der Waals surface area contributed by atoms with Gasteiger partial charge in [0.15, 0.2) is 0 Å². The van der Waals surface area contributed by atoms with Gasteiger partial charge in [-0.15, -0.1) is 0 Å². The van der Waals surface area contributed by atoms with Gasteiger partial charge in [0.05, 0.1) is 7.11 Å². The number of ether oxygens (including phenoxy) is 1. The van der Waals surface area contributed by atoms with Crippen LogP contribution in [0.1, 0.15) is 12.0 Å². The zero-order valence-electron chi connectivity index (χ0n) is 9.35. The Balaban J connectivity index is 3.17. The molecule has 0 radical (unpaired) electrons. The first-order valence-electron chi connectivity index (χ1n) is 5.16. The SMILES string of the molecule is COC(=O)C(CN)(CCO)c1ccccc1.